The fraction of sp³-hybridized carbons (Fsp3) is 0.304. The molecule has 1 N–H and O–H groups in total. The van der Waals surface area contributed by atoms with Crippen LogP contribution in [-0.2, 0) is 11.2 Å². The molecular formula is C23H26N2O5. The molecule has 3 aromatic rings. The predicted molar refractivity (Wildman–Crippen MR) is 116 cm³/mol. The third kappa shape index (κ3) is 4.25. The van der Waals surface area contributed by atoms with Crippen molar-refractivity contribution in [1.82, 2.24) is 4.98 Å². The molecule has 0 bridgehead atoms. The Morgan fingerprint density at radius 3 is 2.23 bits per heavy atom. The molecule has 0 fully saturated rings. The zero-order valence-corrected chi connectivity index (χ0v) is 17.9. The number of ether oxygens (including phenoxy) is 4. The molecule has 7 heteroatoms. The van der Waals surface area contributed by atoms with Crippen LogP contribution in [0.3, 0.4) is 0 Å². The summed E-state index contributed by atoms with van der Waals surface area (Å²) in [5.41, 5.74) is 2.60. The van der Waals surface area contributed by atoms with Gasteiger partial charge in [0.15, 0.2) is 11.5 Å². The third-order valence-corrected chi connectivity index (χ3v) is 4.71. The lowest BCUT2D eigenvalue weighted by Crippen LogP contribution is -2.09. The fourth-order valence-corrected chi connectivity index (χ4v) is 3.46. The highest BCUT2D eigenvalue weighted by Crippen LogP contribution is 2.40. The van der Waals surface area contributed by atoms with E-state index in [4.69, 9.17) is 18.9 Å². The number of nitrogens with one attached hydrogen (secondary N) is 1. The summed E-state index contributed by atoms with van der Waals surface area (Å²) in [4.78, 5) is 16.2. The summed E-state index contributed by atoms with van der Waals surface area (Å²) in [5, 5.41) is 4.68. The average Bonchev–Trinajstić information content (AvgIpc) is 2.74. The molecule has 0 aliphatic carbocycles. The molecule has 0 unspecified atom stereocenters. The Morgan fingerprint density at radius 2 is 1.67 bits per heavy atom. The highest BCUT2D eigenvalue weighted by Gasteiger charge is 2.16. The molecule has 1 amide bonds. The van der Waals surface area contributed by atoms with Crippen LogP contribution in [-0.4, -0.2) is 38.8 Å². The van der Waals surface area contributed by atoms with Crippen molar-refractivity contribution < 1.29 is 23.7 Å². The van der Waals surface area contributed by atoms with Crippen LogP contribution in [0.5, 0.6) is 23.0 Å². The van der Waals surface area contributed by atoms with Crippen LogP contribution in [0.1, 0.15) is 25.0 Å². The van der Waals surface area contributed by atoms with Gasteiger partial charge in [-0.2, -0.15) is 0 Å². The number of carbonyl (C=O) groups excluding carboxylic acids is 1. The van der Waals surface area contributed by atoms with Gasteiger partial charge in [0, 0.05) is 24.7 Å². The Hall–Kier alpha value is -3.48. The summed E-state index contributed by atoms with van der Waals surface area (Å²) < 4.78 is 22.0. The van der Waals surface area contributed by atoms with Crippen LogP contribution in [0.25, 0.3) is 10.8 Å². The molecule has 0 aliphatic heterocycles. The number of anilines is 1. The van der Waals surface area contributed by atoms with Crippen molar-refractivity contribution in [1.29, 1.82) is 0 Å². The zero-order valence-electron chi connectivity index (χ0n) is 17.9. The number of rotatable bonds is 8. The number of hydrogen-bond donors (Lipinski definition) is 1. The van der Waals surface area contributed by atoms with Gasteiger partial charge in [0.2, 0.25) is 11.7 Å². The standard InChI is InChI=1S/C23H26N2O5/c1-6-30-19-8-7-17-16(12-24-13-18(17)22(19)25-14(2)26)9-15-10-20(27-3)23(29-5)21(11-15)28-4/h7-8,10-13H,6,9H2,1-5H3,(H,25,26). The molecule has 3 rings (SSSR count). The van der Waals surface area contributed by atoms with Crippen LogP contribution in [0.2, 0.25) is 0 Å². The van der Waals surface area contributed by atoms with E-state index in [9.17, 15) is 4.79 Å². The maximum absolute atomic E-state index is 11.8. The molecule has 2 aromatic carbocycles. The van der Waals surface area contributed by atoms with Crippen molar-refractivity contribution >= 4 is 22.4 Å². The molecule has 7 nitrogen and oxygen atoms in total. The average molecular weight is 410 g/mol. The van der Waals surface area contributed by atoms with E-state index in [0.717, 1.165) is 21.9 Å². The van der Waals surface area contributed by atoms with Crippen molar-refractivity contribution in [2.24, 2.45) is 0 Å². The molecule has 0 aliphatic rings. The summed E-state index contributed by atoms with van der Waals surface area (Å²) in [6, 6.07) is 7.70. The van der Waals surface area contributed by atoms with Crippen LogP contribution in [0.4, 0.5) is 5.69 Å². The van der Waals surface area contributed by atoms with E-state index >= 15 is 0 Å². The van der Waals surface area contributed by atoms with Gasteiger partial charge in [-0.1, -0.05) is 6.07 Å². The second-order valence-corrected chi connectivity index (χ2v) is 6.66. The second-order valence-electron chi connectivity index (χ2n) is 6.66. The van der Waals surface area contributed by atoms with E-state index in [2.05, 4.69) is 10.3 Å². The Bertz CT molecular complexity index is 1040. The molecule has 0 saturated carbocycles. The normalized spacial score (nSPS) is 10.6. The van der Waals surface area contributed by atoms with Crippen molar-refractivity contribution in [2.45, 2.75) is 20.3 Å². The lowest BCUT2D eigenvalue weighted by Gasteiger charge is -2.16. The highest BCUT2D eigenvalue weighted by atomic mass is 16.5. The minimum Gasteiger partial charge on any atom is -0.493 e. The summed E-state index contributed by atoms with van der Waals surface area (Å²) >= 11 is 0. The van der Waals surface area contributed by atoms with E-state index in [1.807, 2.05) is 37.4 Å². The van der Waals surface area contributed by atoms with E-state index < -0.39 is 0 Å². The molecule has 1 aromatic heterocycles. The number of hydrogen-bond acceptors (Lipinski definition) is 6. The second kappa shape index (κ2) is 9.35. The smallest absolute Gasteiger partial charge is 0.221 e. The number of pyridine rings is 1. The van der Waals surface area contributed by atoms with E-state index in [-0.39, 0.29) is 5.91 Å². The number of methoxy groups -OCH3 is 3. The molecular weight excluding hydrogens is 384 g/mol. The van der Waals surface area contributed by atoms with Crippen molar-refractivity contribution in [3.8, 4) is 23.0 Å². The lowest BCUT2D eigenvalue weighted by molar-refractivity contribution is -0.114. The van der Waals surface area contributed by atoms with Gasteiger partial charge in [-0.3, -0.25) is 9.78 Å². The Balaban J connectivity index is 2.10. The maximum Gasteiger partial charge on any atom is 0.221 e. The van der Waals surface area contributed by atoms with E-state index in [0.29, 0.717) is 41.7 Å². The molecule has 1 heterocycles. The Kier molecular flexibility index (Phi) is 6.61. The van der Waals surface area contributed by atoms with E-state index in [1.165, 1.54) is 6.92 Å². The van der Waals surface area contributed by atoms with Gasteiger partial charge < -0.3 is 24.3 Å². The minimum absolute atomic E-state index is 0.168. The highest BCUT2D eigenvalue weighted by molar-refractivity contribution is 6.04. The van der Waals surface area contributed by atoms with Crippen molar-refractivity contribution in [3.63, 3.8) is 0 Å². The van der Waals surface area contributed by atoms with Crippen molar-refractivity contribution in [3.05, 3.63) is 47.8 Å². The predicted octanol–water partition coefficient (Wildman–Crippen LogP) is 4.21. The van der Waals surface area contributed by atoms with E-state index in [1.54, 1.807) is 27.5 Å². The first-order valence-electron chi connectivity index (χ1n) is 9.61. The molecule has 0 spiro atoms. The first-order chi connectivity index (χ1) is 14.5. The largest absolute Gasteiger partial charge is 0.493 e. The topological polar surface area (TPSA) is 78.9 Å². The minimum atomic E-state index is -0.168. The summed E-state index contributed by atoms with van der Waals surface area (Å²) in [5.74, 6) is 2.19. The zero-order chi connectivity index (χ0) is 21.7. The quantitative estimate of drug-likeness (QED) is 0.599. The monoisotopic (exact) mass is 410 g/mol. The molecule has 0 atom stereocenters. The van der Waals surface area contributed by atoms with Crippen molar-refractivity contribution in [2.75, 3.05) is 33.3 Å². The maximum atomic E-state index is 11.8. The molecule has 158 valence electrons. The van der Waals surface area contributed by atoms with Crippen LogP contribution in [0, 0.1) is 0 Å². The number of fused-ring (bicyclic) bond motifs is 1. The first-order valence-corrected chi connectivity index (χ1v) is 9.61. The summed E-state index contributed by atoms with van der Waals surface area (Å²) in [7, 11) is 4.76. The SMILES string of the molecule is CCOc1ccc2c(Cc3cc(OC)c(OC)c(OC)c3)cncc2c1NC(C)=O. The number of aromatic nitrogens is 1. The third-order valence-electron chi connectivity index (χ3n) is 4.71. The number of amides is 1. The fourth-order valence-electron chi connectivity index (χ4n) is 3.46. The van der Waals surface area contributed by atoms with Gasteiger partial charge in [0.25, 0.3) is 0 Å². The van der Waals surface area contributed by atoms with Gasteiger partial charge >= 0.3 is 0 Å². The van der Waals surface area contributed by atoms with Gasteiger partial charge in [0.05, 0.1) is 33.6 Å². The lowest BCUT2D eigenvalue weighted by atomic mass is 9.99. The van der Waals surface area contributed by atoms with Gasteiger partial charge in [-0.15, -0.1) is 0 Å². The molecule has 0 saturated heterocycles. The van der Waals surface area contributed by atoms with Gasteiger partial charge in [0.1, 0.15) is 5.75 Å². The summed E-state index contributed by atoms with van der Waals surface area (Å²) in [6.07, 6.45) is 4.15. The van der Waals surface area contributed by atoms with Crippen LogP contribution < -0.4 is 24.3 Å². The molecule has 30 heavy (non-hydrogen) atoms. The Morgan fingerprint density at radius 1 is 0.967 bits per heavy atom. The van der Waals surface area contributed by atoms with Crippen LogP contribution >= 0.6 is 0 Å². The Labute approximate surface area is 175 Å². The number of benzene rings is 2. The first kappa shape index (κ1) is 21.2. The number of carbonyl (C=O) groups is 1. The van der Waals surface area contributed by atoms with Crippen LogP contribution in [0.15, 0.2) is 36.7 Å². The summed E-state index contributed by atoms with van der Waals surface area (Å²) in [6.45, 7) is 3.87. The van der Waals surface area contributed by atoms with Gasteiger partial charge in [-0.05, 0) is 48.1 Å². The number of nitrogens with zero attached hydrogens (tertiary/aromatic N) is 1. The van der Waals surface area contributed by atoms with Gasteiger partial charge in [-0.25, -0.2) is 0 Å². The molecule has 0 radical (unpaired) electrons.